The molecular weight excluding hydrogens is 232 g/mol. The van der Waals surface area contributed by atoms with Crippen LogP contribution in [-0.2, 0) is 0 Å². The van der Waals surface area contributed by atoms with E-state index < -0.39 is 5.97 Å². The summed E-state index contributed by atoms with van der Waals surface area (Å²) in [6.45, 7) is 1.89. The topological polar surface area (TPSA) is 72.8 Å². The average molecular weight is 242 g/mol. The number of hydrogen-bond donors (Lipinski definition) is 1. The molecule has 0 aliphatic carbocycles. The number of hydrogen-bond acceptors (Lipinski definition) is 4. The number of nitrogens with one attached hydrogen (secondary N) is 1. The maximum Gasteiger partial charge on any atom is 0.381 e. The van der Waals surface area contributed by atoms with Crippen LogP contribution in [0.4, 0.5) is 0 Å². The average Bonchev–Trinajstić information content (AvgIpc) is 2.97. The molecule has 0 unspecified atom stereocenters. The van der Waals surface area contributed by atoms with Gasteiger partial charge in [-0.25, -0.2) is 4.79 Å². The largest absolute Gasteiger partial charge is 0.381 e. The molecule has 90 valence electrons. The summed E-state index contributed by atoms with van der Waals surface area (Å²) < 4.78 is 0. The fraction of sp³-hybridized carbons (Fsp3) is 0.0833. The van der Waals surface area contributed by atoms with Gasteiger partial charge in [0, 0.05) is 6.20 Å². The van der Waals surface area contributed by atoms with E-state index in [0.717, 1.165) is 10.4 Å². The van der Waals surface area contributed by atoms with Gasteiger partial charge in [-0.05, 0) is 35.9 Å². The van der Waals surface area contributed by atoms with Gasteiger partial charge in [0.15, 0.2) is 0 Å². The van der Waals surface area contributed by atoms with Crippen LogP contribution in [0.1, 0.15) is 16.1 Å². The van der Waals surface area contributed by atoms with E-state index in [1.165, 1.54) is 0 Å². The molecule has 0 aliphatic heterocycles. The molecule has 0 aliphatic rings. The number of benzene rings is 1. The van der Waals surface area contributed by atoms with Crippen LogP contribution in [0.25, 0.3) is 11.0 Å². The second-order valence-corrected chi connectivity index (χ2v) is 3.92. The SMILES string of the molecule is Cc1c[nH]c(C(=O)On2nnc3ccccc32)c1. The number of para-hydroxylation sites is 1. The second kappa shape index (κ2) is 3.99. The number of fused-ring (bicyclic) bond motifs is 1. The highest BCUT2D eigenvalue weighted by atomic mass is 16.7. The zero-order valence-electron chi connectivity index (χ0n) is 9.62. The minimum atomic E-state index is -0.501. The normalized spacial score (nSPS) is 10.7. The van der Waals surface area contributed by atoms with Crippen molar-refractivity contribution in [1.82, 2.24) is 20.1 Å². The summed E-state index contributed by atoms with van der Waals surface area (Å²) in [5.41, 5.74) is 2.67. The highest BCUT2D eigenvalue weighted by molar-refractivity contribution is 5.88. The van der Waals surface area contributed by atoms with Crippen molar-refractivity contribution in [2.45, 2.75) is 6.92 Å². The molecule has 0 saturated carbocycles. The Kier molecular flexibility index (Phi) is 2.33. The third-order valence-corrected chi connectivity index (χ3v) is 2.54. The highest BCUT2D eigenvalue weighted by Crippen LogP contribution is 2.09. The first-order valence-electron chi connectivity index (χ1n) is 5.42. The van der Waals surface area contributed by atoms with E-state index in [1.54, 1.807) is 24.4 Å². The molecule has 6 nitrogen and oxygen atoms in total. The Balaban J connectivity index is 1.90. The molecule has 6 heteroatoms. The summed E-state index contributed by atoms with van der Waals surface area (Å²) in [6, 6.07) is 8.96. The van der Waals surface area contributed by atoms with E-state index in [-0.39, 0.29) is 0 Å². The van der Waals surface area contributed by atoms with Crippen LogP contribution in [0.15, 0.2) is 36.5 Å². The van der Waals surface area contributed by atoms with Crippen LogP contribution in [0.5, 0.6) is 0 Å². The van der Waals surface area contributed by atoms with E-state index in [4.69, 9.17) is 4.84 Å². The first-order chi connectivity index (χ1) is 8.74. The lowest BCUT2D eigenvalue weighted by Gasteiger charge is -2.01. The van der Waals surface area contributed by atoms with Crippen LogP contribution in [0, 0.1) is 6.92 Å². The van der Waals surface area contributed by atoms with Gasteiger partial charge < -0.3 is 9.82 Å². The zero-order chi connectivity index (χ0) is 12.5. The molecule has 0 bridgehead atoms. The third-order valence-electron chi connectivity index (χ3n) is 2.54. The van der Waals surface area contributed by atoms with Crippen LogP contribution < -0.4 is 4.84 Å². The Bertz CT molecular complexity index is 714. The van der Waals surface area contributed by atoms with E-state index >= 15 is 0 Å². The summed E-state index contributed by atoms with van der Waals surface area (Å²) >= 11 is 0. The monoisotopic (exact) mass is 242 g/mol. The van der Waals surface area contributed by atoms with Crippen molar-refractivity contribution < 1.29 is 9.63 Å². The third kappa shape index (κ3) is 1.73. The van der Waals surface area contributed by atoms with Gasteiger partial charge in [-0.3, -0.25) is 0 Å². The Morgan fingerprint density at radius 3 is 3.00 bits per heavy atom. The van der Waals surface area contributed by atoms with Gasteiger partial charge in [0.25, 0.3) is 0 Å². The lowest BCUT2D eigenvalue weighted by molar-refractivity contribution is 0.0402. The molecule has 0 saturated heterocycles. The molecule has 18 heavy (non-hydrogen) atoms. The van der Waals surface area contributed by atoms with E-state index in [0.29, 0.717) is 16.7 Å². The van der Waals surface area contributed by atoms with Crippen molar-refractivity contribution in [2.75, 3.05) is 0 Å². The molecule has 0 fully saturated rings. The number of H-pyrrole nitrogens is 1. The molecule has 0 amide bonds. The standard InChI is InChI=1S/C12H10N4O2/c1-8-6-10(13-7-8)12(17)18-16-11-5-3-2-4-9(11)14-15-16/h2-7,13H,1H3. The van der Waals surface area contributed by atoms with Crippen LogP contribution in [0.3, 0.4) is 0 Å². The number of carbonyl (C=O) groups excluding carboxylic acids is 1. The summed E-state index contributed by atoms with van der Waals surface area (Å²) in [7, 11) is 0. The number of aryl methyl sites for hydroxylation is 1. The molecule has 1 N–H and O–H groups in total. The van der Waals surface area contributed by atoms with Gasteiger partial charge >= 0.3 is 5.97 Å². The molecule has 1 aromatic carbocycles. The fourth-order valence-electron chi connectivity index (χ4n) is 1.66. The summed E-state index contributed by atoms with van der Waals surface area (Å²) in [5, 5.41) is 7.67. The molecular formula is C12H10N4O2. The molecule has 0 radical (unpaired) electrons. The maximum atomic E-state index is 11.8. The van der Waals surface area contributed by atoms with Crippen molar-refractivity contribution in [3.8, 4) is 0 Å². The molecule has 2 heterocycles. The Hall–Kier alpha value is -2.63. The molecule has 0 spiro atoms. The minimum Gasteiger partial charge on any atom is -0.355 e. The van der Waals surface area contributed by atoms with E-state index in [9.17, 15) is 4.79 Å². The summed E-state index contributed by atoms with van der Waals surface area (Å²) in [4.78, 5) is 20.9. The predicted octanol–water partition coefficient (Wildman–Crippen LogP) is 1.34. The lowest BCUT2D eigenvalue weighted by atomic mass is 10.3. The molecule has 3 rings (SSSR count). The van der Waals surface area contributed by atoms with Crippen molar-refractivity contribution >= 4 is 17.0 Å². The molecule has 3 aromatic rings. The van der Waals surface area contributed by atoms with Gasteiger partial charge in [0.1, 0.15) is 16.7 Å². The highest BCUT2D eigenvalue weighted by Gasteiger charge is 2.13. The van der Waals surface area contributed by atoms with Crippen molar-refractivity contribution in [3.63, 3.8) is 0 Å². The van der Waals surface area contributed by atoms with Crippen LogP contribution in [0.2, 0.25) is 0 Å². The number of carbonyl (C=O) groups is 1. The quantitative estimate of drug-likeness (QED) is 0.688. The number of rotatable bonds is 2. The predicted molar refractivity (Wildman–Crippen MR) is 64.0 cm³/mol. The summed E-state index contributed by atoms with van der Waals surface area (Å²) in [5.74, 6) is -0.501. The lowest BCUT2D eigenvalue weighted by Crippen LogP contribution is -2.21. The zero-order valence-corrected chi connectivity index (χ0v) is 9.62. The first-order valence-corrected chi connectivity index (χ1v) is 5.42. The minimum absolute atomic E-state index is 0.382. The second-order valence-electron chi connectivity index (χ2n) is 3.92. The van der Waals surface area contributed by atoms with Gasteiger partial charge in [-0.2, -0.15) is 0 Å². The Morgan fingerprint density at radius 1 is 1.39 bits per heavy atom. The summed E-state index contributed by atoms with van der Waals surface area (Å²) in [6.07, 6.45) is 1.73. The van der Waals surface area contributed by atoms with E-state index in [2.05, 4.69) is 15.3 Å². The number of aromatic nitrogens is 4. The Morgan fingerprint density at radius 2 is 2.22 bits per heavy atom. The number of nitrogens with zero attached hydrogens (tertiary/aromatic N) is 3. The van der Waals surface area contributed by atoms with Gasteiger partial charge in [-0.15, -0.1) is 5.10 Å². The molecule has 0 atom stereocenters. The fourth-order valence-corrected chi connectivity index (χ4v) is 1.66. The van der Waals surface area contributed by atoms with Crippen molar-refractivity contribution in [1.29, 1.82) is 0 Å². The first kappa shape index (κ1) is 10.5. The van der Waals surface area contributed by atoms with Crippen molar-refractivity contribution in [3.05, 3.63) is 47.8 Å². The molecule has 2 aromatic heterocycles. The van der Waals surface area contributed by atoms with E-state index in [1.807, 2.05) is 19.1 Å². The number of aromatic amines is 1. The van der Waals surface area contributed by atoms with Gasteiger partial charge in [-0.1, -0.05) is 17.0 Å². The smallest absolute Gasteiger partial charge is 0.355 e. The van der Waals surface area contributed by atoms with Crippen LogP contribution >= 0.6 is 0 Å². The van der Waals surface area contributed by atoms with Crippen LogP contribution in [-0.4, -0.2) is 26.1 Å². The Labute approximate surface area is 102 Å². The van der Waals surface area contributed by atoms with Gasteiger partial charge in [0.2, 0.25) is 0 Å². The maximum absolute atomic E-state index is 11.8. The van der Waals surface area contributed by atoms with Gasteiger partial charge in [0.05, 0.1) is 0 Å². The van der Waals surface area contributed by atoms with Crippen molar-refractivity contribution in [2.24, 2.45) is 0 Å².